The van der Waals surface area contributed by atoms with Gasteiger partial charge in [0.1, 0.15) is 0 Å². The second-order valence-electron chi connectivity index (χ2n) is 3.95. The van der Waals surface area contributed by atoms with Crippen molar-refractivity contribution in [3.8, 4) is 0 Å². The van der Waals surface area contributed by atoms with Crippen LogP contribution in [-0.4, -0.2) is 50.7 Å². The molecule has 1 saturated carbocycles. The fourth-order valence-electron chi connectivity index (χ4n) is 1.31. The molecule has 3 unspecified atom stereocenters. The third-order valence-electron chi connectivity index (χ3n) is 2.47. The monoisotopic (exact) mass is 203 g/mol. The Morgan fingerprint density at radius 3 is 2.79 bits per heavy atom. The van der Waals surface area contributed by atoms with Crippen molar-refractivity contribution in [2.75, 3.05) is 33.5 Å². The van der Waals surface area contributed by atoms with E-state index in [1.165, 1.54) is 6.42 Å². The SMILES string of the molecule is COCCOCC(O)CNC1CC1C. The molecule has 0 saturated heterocycles. The minimum absolute atomic E-state index is 0.386. The lowest BCUT2D eigenvalue weighted by atomic mass is 10.3. The smallest absolute Gasteiger partial charge is 0.0897 e. The fraction of sp³-hybridized carbons (Fsp3) is 1.00. The van der Waals surface area contributed by atoms with Crippen molar-refractivity contribution >= 4 is 0 Å². The molecule has 4 nitrogen and oxygen atoms in total. The summed E-state index contributed by atoms with van der Waals surface area (Å²) in [6.07, 6.45) is 0.830. The van der Waals surface area contributed by atoms with Gasteiger partial charge >= 0.3 is 0 Å². The molecule has 1 fully saturated rings. The fourth-order valence-corrected chi connectivity index (χ4v) is 1.31. The highest BCUT2D eigenvalue weighted by molar-refractivity contribution is 4.89. The van der Waals surface area contributed by atoms with E-state index in [0.717, 1.165) is 5.92 Å². The normalized spacial score (nSPS) is 27.6. The molecule has 0 amide bonds. The summed E-state index contributed by atoms with van der Waals surface area (Å²) in [6.45, 7) is 4.35. The predicted octanol–water partition coefficient (Wildman–Crippen LogP) is 0.00830. The van der Waals surface area contributed by atoms with Gasteiger partial charge in [-0.25, -0.2) is 0 Å². The summed E-state index contributed by atoms with van der Waals surface area (Å²) in [5.41, 5.74) is 0. The Morgan fingerprint density at radius 1 is 1.50 bits per heavy atom. The van der Waals surface area contributed by atoms with E-state index in [9.17, 15) is 5.11 Å². The number of nitrogens with one attached hydrogen (secondary N) is 1. The molecule has 84 valence electrons. The van der Waals surface area contributed by atoms with Crippen LogP contribution in [0.5, 0.6) is 0 Å². The number of hydrogen-bond donors (Lipinski definition) is 2. The van der Waals surface area contributed by atoms with Gasteiger partial charge in [-0.05, 0) is 12.3 Å². The van der Waals surface area contributed by atoms with Crippen LogP contribution >= 0.6 is 0 Å². The Hall–Kier alpha value is -0.160. The molecule has 0 spiro atoms. The van der Waals surface area contributed by atoms with Gasteiger partial charge in [0, 0.05) is 19.7 Å². The van der Waals surface area contributed by atoms with Gasteiger partial charge in [-0.1, -0.05) is 6.92 Å². The molecule has 0 aromatic rings. The molecule has 4 heteroatoms. The van der Waals surface area contributed by atoms with Crippen molar-refractivity contribution in [1.29, 1.82) is 0 Å². The third-order valence-corrected chi connectivity index (χ3v) is 2.47. The molecule has 0 aliphatic heterocycles. The van der Waals surface area contributed by atoms with E-state index in [2.05, 4.69) is 12.2 Å². The highest BCUT2D eigenvalue weighted by atomic mass is 16.5. The quantitative estimate of drug-likeness (QED) is 0.546. The Kier molecular flexibility index (Phi) is 5.40. The summed E-state index contributed by atoms with van der Waals surface area (Å²) >= 11 is 0. The molecule has 3 atom stereocenters. The molecule has 1 aliphatic carbocycles. The zero-order valence-electron chi connectivity index (χ0n) is 9.03. The largest absolute Gasteiger partial charge is 0.389 e. The van der Waals surface area contributed by atoms with Gasteiger partial charge in [-0.15, -0.1) is 0 Å². The van der Waals surface area contributed by atoms with Gasteiger partial charge in [0.05, 0.1) is 25.9 Å². The molecular formula is C10H21NO3. The minimum Gasteiger partial charge on any atom is -0.389 e. The van der Waals surface area contributed by atoms with Crippen LogP contribution in [0.15, 0.2) is 0 Å². The van der Waals surface area contributed by atoms with E-state index >= 15 is 0 Å². The molecule has 0 radical (unpaired) electrons. The summed E-state index contributed by atoms with van der Waals surface area (Å²) in [4.78, 5) is 0. The second-order valence-corrected chi connectivity index (χ2v) is 3.95. The predicted molar refractivity (Wildman–Crippen MR) is 54.3 cm³/mol. The van der Waals surface area contributed by atoms with Crippen molar-refractivity contribution < 1.29 is 14.6 Å². The Morgan fingerprint density at radius 2 is 2.21 bits per heavy atom. The topological polar surface area (TPSA) is 50.7 Å². The van der Waals surface area contributed by atoms with E-state index in [1.54, 1.807) is 7.11 Å². The molecule has 1 rings (SSSR count). The first-order valence-electron chi connectivity index (χ1n) is 5.22. The van der Waals surface area contributed by atoms with E-state index in [4.69, 9.17) is 9.47 Å². The summed E-state index contributed by atoms with van der Waals surface area (Å²) in [6, 6.07) is 0.614. The standard InChI is InChI=1S/C10H21NO3/c1-8-5-10(8)11-6-9(12)7-14-4-3-13-2/h8-12H,3-7H2,1-2H3. The van der Waals surface area contributed by atoms with Crippen molar-refractivity contribution in [3.63, 3.8) is 0 Å². The number of aliphatic hydroxyl groups excluding tert-OH is 1. The Labute approximate surface area is 85.6 Å². The number of ether oxygens (including phenoxy) is 2. The molecule has 14 heavy (non-hydrogen) atoms. The zero-order valence-corrected chi connectivity index (χ0v) is 9.03. The van der Waals surface area contributed by atoms with Crippen LogP contribution in [0, 0.1) is 5.92 Å². The van der Waals surface area contributed by atoms with Crippen LogP contribution in [0.1, 0.15) is 13.3 Å². The maximum Gasteiger partial charge on any atom is 0.0897 e. The number of hydrogen-bond acceptors (Lipinski definition) is 4. The van der Waals surface area contributed by atoms with Gasteiger partial charge in [-0.2, -0.15) is 0 Å². The lowest BCUT2D eigenvalue weighted by molar-refractivity contribution is 0.0136. The number of rotatable bonds is 8. The number of aliphatic hydroxyl groups is 1. The first-order chi connectivity index (χ1) is 6.74. The van der Waals surface area contributed by atoms with Gasteiger partial charge in [0.2, 0.25) is 0 Å². The van der Waals surface area contributed by atoms with Crippen LogP contribution in [0.2, 0.25) is 0 Å². The molecule has 0 bridgehead atoms. The minimum atomic E-state index is -0.403. The molecular weight excluding hydrogens is 182 g/mol. The summed E-state index contributed by atoms with van der Waals surface area (Å²) < 4.78 is 10.0. The van der Waals surface area contributed by atoms with Crippen LogP contribution in [0.25, 0.3) is 0 Å². The second kappa shape index (κ2) is 6.35. The van der Waals surface area contributed by atoms with Gasteiger partial charge < -0.3 is 19.9 Å². The molecule has 2 N–H and O–H groups in total. The van der Waals surface area contributed by atoms with Crippen LogP contribution in [0.3, 0.4) is 0 Å². The third kappa shape index (κ3) is 4.91. The van der Waals surface area contributed by atoms with E-state index < -0.39 is 6.10 Å². The highest BCUT2D eigenvalue weighted by Crippen LogP contribution is 2.28. The maximum atomic E-state index is 9.48. The van der Waals surface area contributed by atoms with Crippen LogP contribution in [-0.2, 0) is 9.47 Å². The van der Waals surface area contributed by atoms with Crippen molar-refractivity contribution in [2.45, 2.75) is 25.5 Å². The van der Waals surface area contributed by atoms with Crippen LogP contribution < -0.4 is 5.32 Å². The highest BCUT2D eigenvalue weighted by Gasteiger charge is 2.32. The average Bonchev–Trinajstić information content (AvgIpc) is 2.86. The Balaban J connectivity index is 1.85. The molecule has 1 aliphatic rings. The van der Waals surface area contributed by atoms with Crippen LogP contribution in [0.4, 0.5) is 0 Å². The van der Waals surface area contributed by atoms with Crippen molar-refractivity contribution in [3.05, 3.63) is 0 Å². The van der Waals surface area contributed by atoms with Gasteiger partial charge in [0.15, 0.2) is 0 Å². The average molecular weight is 203 g/mol. The molecule has 0 aromatic carbocycles. The summed E-state index contributed by atoms with van der Waals surface area (Å²) in [7, 11) is 1.63. The maximum absolute atomic E-state index is 9.48. The lowest BCUT2D eigenvalue weighted by Crippen LogP contribution is -2.32. The lowest BCUT2D eigenvalue weighted by Gasteiger charge is -2.11. The van der Waals surface area contributed by atoms with E-state index in [1.807, 2.05) is 0 Å². The summed E-state index contributed by atoms with van der Waals surface area (Å²) in [5, 5.41) is 12.8. The van der Waals surface area contributed by atoms with Gasteiger partial charge in [0.25, 0.3) is 0 Å². The Bertz CT molecular complexity index is 154. The number of methoxy groups -OCH3 is 1. The molecule has 0 heterocycles. The first-order valence-corrected chi connectivity index (χ1v) is 5.22. The van der Waals surface area contributed by atoms with Crippen molar-refractivity contribution in [1.82, 2.24) is 5.32 Å². The van der Waals surface area contributed by atoms with Crippen molar-refractivity contribution in [2.24, 2.45) is 5.92 Å². The van der Waals surface area contributed by atoms with E-state index in [0.29, 0.717) is 32.4 Å². The zero-order chi connectivity index (χ0) is 10.4. The van der Waals surface area contributed by atoms with Gasteiger partial charge in [-0.3, -0.25) is 0 Å². The summed E-state index contributed by atoms with van der Waals surface area (Å²) in [5.74, 6) is 0.775. The molecule has 0 aromatic heterocycles. The van der Waals surface area contributed by atoms with E-state index in [-0.39, 0.29) is 0 Å². The first kappa shape index (κ1) is 11.9.